The smallest absolute Gasteiger partial charge is 0.241 e. The molecule has 0 aliphatic carbocycles. The number of nitrogens with two attached hydrogens (primary N) is 1. The molecule has 0 aliphatic heterocycles. The maximum atomic E-state index is 12.1. The Hall–Kier alpha value is -0.820. The van der Waals surface area contributed by atoms with Gasteiger partial charge >= 0.3 is 0 Å². The zero-order valence-electron chi connectivity index (χ0n) is 10.4. The Labute approximate surface area is 122 Å². The van der Waals surface area contributed by atoms with Gasteiger partial charge in [-0.1, -0.05) is 37.0 Å². The van der Waals surface area contributed by atoms with Gasteiger partial charge in [0.2, 0.25) is 15.9 Å². The van der Waals surface area contributed by atoms with Gasteiger partial charge in [-0.3, -0.25) is 4.79 Å². The van der Waals surface area contributed by atoms with Gasteiger partial charge in [0.1, 0.15) is 6.04 Å². The highest BCUT2D eigenvalue weighted by Gasteiger charge is 2.26. The largest absolute Gasteiger partial charge is 0.368 e. The third-order valence-electron chi connectivity index (χ3n) is 2.46. The first-order chi connectivity index (χ1) is 8.65. The molecule has 19 heavy (non-hydrogen) atoms. The standard InChI is InChI=1S/C11H14Cl2N2O3S/c1-6(2)10(11(14)16)15-19(17,18)7-3-4-8(12)9(13)5-7/h3-6,10,15H,1-2H3,(H2,14,16). The molecule has 0 saturated heterocycles. The highest BCUT2D eigenvalue weighted by Crippen LogP contribution is 2.25. The summed E-state index contributed by atoms with van der Waals surface area (Å²) in [5.41, 5.74) is 5.16. The van der Waals surface area contributed by atoms with Crippen LogP contribution in [-0.4, -0.2) is 20.4 Å². The maximum Gasteiger partial charge on any atom is 0.241 e. The van der Waals surface area contributed by atoms with Crippen molar-refractivity contribution < 1.29 is 13.2 Å². The van der Waals surface area contributed by atoms with Crippen LogP contribution in [0.25, 0.3) is 0 Å². The average molecular weight is 325 g/mol. The molecule has 1 aromatic rings. The van der Waals surface area contributed by atoms with Crippen molar-refractivity contribution in [2.45, 2.75) is 24.8 Å². The van der Waals surface area contributed by atoms with Crippen LogP contribution in [0.4, 0.5) is 0 Å². The van der Waals surface area contributed by atoms with Crippen LogP contribution < -0.4 is 10.5 Å². The minimum atomic E-state index is -3.88. The summed E-state index contributed by atoms with van der Waals surface area (Å²) in [6.07, 6.45) is 0. The summed E-state index contributed by atoms with van der Waals surface area (Å²) < 4.78 is 26.4. The number of nitrogens with one attached hydrogen (secondary N) is 1. The van der Waals surface area contributed by atoms with Crippen LogP contribution in [0.5, 0.6) is 0 Å². The second-order valence-electron chi connectivity index (χ2n) is 4.32. The lowest BCUT2D eigenvalue weighted by atomic mass is 10.1. The molecule has 0 radical (unpaired) electrons. The summed E-state index contributed by atoms with van der Waals surface area (Å²) >= 11 is 11.5. The van der Waals surface area contributed by atoms with Crippen molar-refractivity contribution in [1.82, 2.24) is 4.72 Å². The molecular weight excluding hydrogens is 311 g/mol. The van der Waals surface area contributed by atoms with Crippen molar-refractivity contribution in [2.75, 3.05) is 0 Å². The minimum Gasteiger partial charge on any atom is -0.368 e. The number of benzene rings is 1. The van der Waals surface area contributed by atoms with E-state index >= 15 is 0 Å². The molecule has 3 N–H and O–H groups in total. The Bertz CT molecular complexity index is 588. The minimum absolute atomic E-state index is 0.0752. The predicted octanol–water partition coefficient (Wildman–Crippen LogP) is 1.78. The number of halogens is 2. The van der Waals surface area contributed by atoms with Gasteiger partial charge in [-0.2, -0.15) is 4.72 Å². The molecule has 1 atom stereocenters. The Balaban J connectivity index is 3.10. The molecule has 0 aliphatic rings. The zero-order chi connectivity index (χ0) is 14.8. The number of carbonyl (C=O) groups excluding carboxylic acids is 1. The van der Waals surface area contributed by atoms with Gasteiger partial charge in [-0.25, -0.2) is 8.42 Å². The van der Waals surface area contributed by atoms with Crippen LogP contribution in [0.15, 0.2) is 23.1 Å². The number of hydrogen-bond donors (Lipinski definition) is 2. The number of carbonyl (C=O) groups is 1. The van der Waals surface area contributed by atoms with Crippen LogP contribution in [-0.2, 0) is 14.8 Å². The summed E-state index contributed by atoms with van der Waals surface area (Å²) in [5, 5.41) is 0.362. The third-order valence-corrected chi connectivity index (χ3v) is 4.63. The van der Waals surface area contributed by atoms with Crippen molar-refractivity contribution in [3.8, 4) is 0 Å². The molecule has 0 spiro atoms. The SMILES string of the molecule is CC(C)C(NS(=O)(=O)c1ccc(Cl)c(Cl)c1)C(N)=O. The normalized spacial score (nSPS) is 13.5. The maximum absolute atomic E-state index is 12.1. The summed E-state index contributed by atoms with van der Waals surface area (Å²) in [5.74, 6) is -1.01. The molecule has 0 fully saturated rings. The zero-order valence-corrected chi connectivity index (χ0v) is 12.7. The summed E-state index contributed by atoms with van der Waals surface area (Å²) in [4.78, 5) is 11.1. The lowest BCUT2D eigenvalue weighted by Crippen LogP contribution is -2.47. The fourth-order valence-electron chi connectivity index (χ4n) is 1.40. The van der Waals surface area contributed by atoms with E-state index in [0.29, 0.717) is 0 Å². The summed E-state index contributed by atoms with van der Waals surface area (Å²) in [6.45, 7) is 3.37. The van der Waals surface area contributed by atoms with Gasteiger partial charge in [0.25, 0.3) is 0 Å². The quantitative estimate of drug-likeness (QED) is 0.865. The van der Waals surface area contributed by atoms with Crippen molar-refractivity contribution >= 4 is 39.1 Å². The Morgan fingerprint density at radius 3 is 2.26 bits per heavy atom. The summed E-state index contributed by atoms with van der Waals surface area (Å²) in [7, 11) is -3.88. The van der Waals surface area contributed by atoms with Crippen molar-refractivity contribution in [2.24, 2.45) is 11.7 Å². The van der Waals surface area contributed by atoms with E-state index in [1.54, 1.807) is 13.8 Å². The molecule has 1 unspecified atom stereocenters. The number of primary amides is 1. The summed E-state index contributed by atoms with van der Waals surface area (Å²) in [6, 6.07) is 2.89. The molecule has 0 saturated carbocycles. The van der Waals surface area contributed by atoms with E-state index in [1.165, 1.54) is 18.2 Å². The number of rotatable bonds is 5. The lowest BCUT2D eigenvalue weighted by molar-refractivity contribution is -0.120. The predicted molar refractivity (Wildman–Crippen MR) is 74.6 cm³/mol. The van der Waals surface area contributed by atoms with Gasteiger partial charge in [0.05, 0.1) is 14.9 Å². The van der Waals surface area contributed by atoms with Gasteiger partial charge in [0, 0.05) is 0 Å². The lowest BCUT2D eigenvalue weighted by Gasteiger charge is -2.19. The molecular formula is C11H14Cl2N2O3S. The van der Waals surface area contributed by atoms with E-state index in [0.717, 1.165) is 0 Å². The highest BCUT2D eigenvalue weighted by atomic mass is 35.5. The molecule has 0 heterocycles. The topological polar surface area (TPSA) is 89.3 Å². The molecule has 1 rings (SSSR count). The first-order valence-electron chi connectivity index (χ1n) is 5.42. The first-order valence-corrected chi connectivity index (χ1v) is 7.65. The van der Waals surface area contributed by atoms with Crippen molar-refractivity contribution in [3.05, 3.63) is 28.2 Å². The van der Waals surface area contributed by atoms with Gasteiger partial charge in [-0.05, 0) is 24.1 Å². The van der Waals surface area contributed by atoms with E-state index in [1.807, 2.05) is 0 Å². The average Bonchev–Trinajstić information content (AvgIpc) is 2.28. The van der Waals surface area contributed by atoms with E-state index in [4.69, 9.17) is 28.9 Å². The monoisotopic (exact) mass is 324 g/mol. The van der Waals surface area contributed by atoms with E-state index in [2.05, 4.69) is 4.72 Å². The third kappa shape index (κ3) is 4.07. The Morgan fingerprint density at radius 1 is 1.26 bits per heavy atom. The fourth-order valence-corrected chi connectivity index (χ4v) is 3.14. The van der Waals surface area contributed by atoms with E-state index < -0.39 is 22.0 Å². The molecule has 106 valence electrons. The van der Waals surface area contributed by atoms with E-state index in [9.17, 15) is 13.2 Å². The van der Waals surface area contributed by atoms with Gasteiger partial charge in [-0.15, -0.1) is 0 Å². The van der Waals surface area contributed by atoms with Crippen LogP contribution in [0.1, 0.15) is 13.8 Å². The molecule has 1 aromatic carbocycles. The molecule has 5 nitrogen and oxygen atoms in total. The van der Waals surface area contributed by atoms with Crippen molar-refractivity contribution in [1.29, 1.82) is 0 Å². The van der Waals surface area contributed by atoms with Crippen molar-refractivity contribution in [3.63, 3.8) is 0 Å². The molecule has 8 heteroatoms. The Kier molecular flexibility index (Phi) is 5.20. The fraction of sp³-hybridized carbons (Fsp3) is 0.364. The first kappa shape index (κ1) is 16.2. The van der Waals surface area contributed by atoms with Crippen LogP contribution in [0, 0.1) is 5.92 Å². The van der Waals surface area contributed by atoms with Crippen LogP contribution >= 0.6 is 23.2 Å². The second-order valence-corrected chi connectivity index (χ2v) is 6.85. The second kappa shape index (κ2) is 6.09. The Morgan fingerprint density at radius 2 is 1.84 bits per heavy atom. The molecule has 0 aromatic heterocycles. The van der Waals surface area contributed by atoms with E-state index in [-0.39, 0.29) is 20.9 Å². The number of amides is 1. The van der Waals surface area contributed by atoms with Crippen LogP contribution in [0.2, 0.25) is 10.0 Å². The number of hydrogen-bond acceptors (Lipinski definition) is 3. The van der Waals surface area contributed by atoms with Crippen LogP contribution in [0.3, 0.4) is 0 Å². The highest BCUT2D eigenvalue weighted by molar-refractivity contribution is 7.89. The molecule has 1 amide bonds. The number of sulfonamides is 1. The van der Waals surface area contributed by atoms with Gasteiger partial charge < -0.3 is 5.73 Å². The molecule has 0 bridgehead atoms. The van der Waals surface area contributed by atoms with Gasteiger partial charge in [0.15, 0.2) is 0 Å².